The van der Waals surface area contributed by atoms with Crippen molar-refractivity contribution in [3.8, 4) is 11.5 Å². The van der Waals surface area contributed by atoms with Gasteiger partial charge in [-0.15, -0.1) is 0 Å². The predicted molar refractivity (Wildman–Crippen MR) is 90.7 cm³/mol. The zero-order valence-electron chi connectivity index (χ0n) is 13.5. The van der Waals surface area contributed by atoms with Crippen molar-refractivity contribution >= 4 is 11.8 Å². The molecule has 0 spiro atoms. The molecular formula is C19H20N2O3. The molecule has 0 aliphatic carbocycles. The Bertz CT molecular complexity index is 758. The number of hydrogen-bond donors (Lipinski definition) is 2. The fraction of sp³-hybridized carbons (Fsp3) is 0.263. The molecule has 2 amide bonds. The molecule has 0 radical (unpaired) electrons. The zero-order chi connectivity index (χ0) is 16.9. The predicted octanol–water partition coefficient (Wildman–Crippen LogP) is 2.68. The van der Waals surface area contributed by atoms with Crippen LogP contribution in [0, 0.1) is 6.92 Å². The summed E-state index contributed by atoms with van der Waals surface area (Å²) in [6.45, 7) is 2.34. The van der Waals surface area contributed by atoms with Crippen LogP contribution in [0.25, 0.3) is 0 Å². The SMILES string of the molecule is Cc1ccccc1Oc1ccccc1CNC(=O)[C@@H]1CCC(=O)N1. The van der Waals surface area contributed by atoms with E-state index in [1.165, 1.54) is 0 Å². The molecule has 124 valence electrons. The molecule has 24 heavy (non-hydrogen) atoms. The quantitative estimate of drug-likeness (QED) is 0.888. The van der Waals surface area contributed by atoms with Gasteiger partial charge in [-0.2, -0.15) is 0 Å². The lowest BCUT2D eigenvalue weighted by atomic mass is 10.1. The number of para-hydroxylation sites is 2. The van der Waals surface area contributed by atoms with Gasteiger partial charge in [0.25, 0.3) is 0 Å². The van der Waals surface area contributed by atoms with E-state index in [1.54, 1.807) is 0 Å². The van der Waals surface area contributed by atoms with E-state index in [0.29, 0.717) is 25.1 Å². The topological polar surface area (TPSA) is 67.4 Å². The van der Waals surface area contributed by atoms with Crippen LogP contribution >= 0.6 is 0 Å². The lowest BCUT2D eigenvalue weighted by Crippen LogP contribution is -2.41. The Labute approximate surface area is 141 Å². The Balaban J connectivity index is 1.67. The number of aryl methyl sites for hydroxylation is 1. The molecular weight excluding hydrogens is 304 g/mol. The van der Waals surface area contributed by atoms with Gasteiger partial charge in [0.05, 0.1) is 0 Å². The van der Waals surface area contributed by atoms with Crippen LogP contribution < -0.4 is 15.4 Å². The number of benzene rings is 2. The largest absolute Gasteiger partial charge is 0.457 e. The van der Waals surface area contributed by atoms with Crippen LogP contribution in [0.2, 0.25) is 0 Å². The summed E-state index contributed by atoms with van der Waals surface area (Å²) in [4.78, 5) is 23.3. The van der Waals surface area contributed by atoms with E-state index in [4.69, 9.17) is 4.74 Å². The Kier molecular flexibility index (Phi) is 4.79. The summed E-state index contributed by atoms with van der Waals surface area (Å²) >= 11 is 0. The van der Waals surface area contributed by atoms with Gasteiger partial charge in [0.15, 0.2) is 0 Å². The molecule has 3 rings (SSSR count). The Hall–Kier alpha value is -2.82. The number of rotatable bonds is 5. The Morgan fingerprint density at radius 2 is 1.88 bits per heavy atom. The lowest BCUT2D eigenvalue weighted by Gasteiger charge is -2.15. The summed E-state index contributed by atoms with van der Waals surface area (Å²) in [5.41, 5.74) is 1.93. The average Bonchev–Trinajstić information content (AvgIpc) is 3.02. The molecule has 2 aromatic rings. The van der Waals surface area contributed by atoms with E-state index < -0.39 is 6.04 Å². The molecule has 2 N–H and O–H groups in total. The van der Waals surface area contributed by atoms with Gasteiger partial charge in [-0.25, -0.2) is 0 Å². The van der Waals surface area contributed by atoms with E-state index in [2.05, 4.69) is 10.6 Å². The van der Waals surface area contributed by atoms with Crippen molar-refractivity contribution in [2.45, 2.75) is 32.4 Å². The van der Waals surface area contributed by atoms with Crippen molar-refractivity contribution in [3.05, 3.63) is 59.7 Å². The Morgan fingerprint density at radius 1 is 1.17 bits per heavy atom. The second kappa shape index (κ2) is 7.17. The van der Waals surface area contributed by atoms with E-state index in [1.807, 2.05) is 55.5 Å². The molecule has 2 aromatic carbocycles. The normalized spacial score (nSPS) is 16.5. The van der Waals surface area contributed by atoms with Gasteiger partial charge in [0.1, 0.15) is 17.5 Å². The van der Waals surface area contributed by atoms with Crippen LogP contribution in [0.5, 0.6) is 11.5 Å². The van der Waals surface area contributed by atoms with Gasteiger partial charge in [0.2, 0.25) is 11.8 Å². The minimum absolute atomic E-state index is 0.0709. The highest BCUT2D eigenvalue weighted by Gasteiger charge is 2.26. The lowest BCUT2D eigenvalue weighted by molar-refractivity contribution is -0.125. The summed E-state index contributed by atoms with van der Waals surface area (Å²) in [7, 11) is 0. The molecule has 5 heteroatoms. The molecule has 0 unspecified atom stereocenters. The average molecular weight is 324 g/mol. The minimum atomic E-state index is -0.429. The highest BCUT2D eigenvalue weighted by atomic mass is 16.5. The monoisotopic (exact) mass is 324 g/mol. The third-order valence-electron chi connectivity index (χ3n) is 4.05. The Morgan fingerprint density at radius 3 is 2.58 bits per heavy atom. The van der Waals surface area contributed by atoms with Crippen LogP contribution in [0.1, 0.15) is 24.0 Å². The highest BCUT2D eigenvalue weighted by molar-refractivity contribution is 5.90. The second-order valence-corrected chi connectivity index (χ2v) is 5.85. The van der Waals surface area contributed by atoms with E-state index in [0.717, 1.165) is 16.9 Å². The van der Waals surface area contributed by atoms with E-state index in [-0.39, 0.29) is 11.8 Å². The third-order valence-corrected chi connectivity index (χ3v) is 4.05. The maximum absolute atomic E-state index is 12.1. The first-order chi connectivity index (χ1) is 11.6. The number of ether oxygens (including phenoxy) is 1. The van der Waals surface area contributed by atoms with Crippen molar-refractivity contribution in [3.63, 3.8) is 0 Å². The van der Waals surface area contributed by atoms with Gasteiger partial charge < -0.3 is 15.4 Å². The van der Waals surface area contributed by atoms with E-state index >= 15 is 0 Å². The molecule has 0 bridgehead atoms. The molecule has 0 saturated carbocycles. The second-order valence-electron chi connectivity index (χ2n) is 5.85. The maximum atomic E-state index is 12.1. The molecule has 1 aliphatic rings. The van der Waals surface area contributed by atoms with Crippen molar-refractivity contribution in [1.29, 1.82) is 0 Å². The molecule has 0 aromatic heterocycles. The molecule has 1 aliphatic heterocycles. The molecule has 1 heterocycles. The first kappa shape index (κ1) is 16.1. The van der Waals surface area contributed by atoms with Crippen molar-refractivity contribution < 1.29 is 14.3 Å². The summed E-state index contributed by atoms with van der Waals surface area (Å²) in [6, 6.07) is 15.0. The third kappa shape index (κ3) is 3.74. The van der Waals surface area contributed by atoms with Gasteiger partial charge in [-0.05, 0) is 31.0 Å². The highest BCUT2D eigenvalue weighted by Crippen LogP contribution is 2.27. The van der Waals surface area contributed by atoms with Crippen molar-refractivity contribution in [2.24, 2.45) is 0 Å². The van der Waals surface area contributed by atoms with Gasteiger partial charge in [0, 0.05) is 18.5 Å². The van der Waals surface area contributed by atoms with Crippen molar-refractivity contribution in [2.75, 3.05) is 0 Å². The summed E-state index contributed by atoms with van der Waals surface area (Å²) in [5.74, 6) is 1.27. The molecule has 1 fully saturated rings. The van der Waals surface area contributed by atoms with Gasteiger partial charge in [-0.1, -0.05) is 36.4 Å². The van der Waals surface area contributed by atoms with Crippen LogP contribution in [0.15, 0.2) is 48.5 Å². The molecule has 1 saturated heterocycles. The number of amides is 2. The van der Waals surface area contributed by atoms with Crippen molar-refractivity contribution in [1.82, 2.24) is 10.6 Å². The maximum Gasteiger partial charge on any atom is 0.242 e. The minimum Gasteiger partial charge on any atom is -0.457 e. The van der Waals surface area contributed by atoms with E-state index in [9.17, 15) is 9.59 Å². The number of carbonyl (C=O) groups is 2. The fourth-order valence-electron chi connectivity index (χ4n) is 2.66. The molecule has 5 nitrogen and oxygen atoms in total. The van der Waals surface area contributed by atoms with Gasteiger partial charge in [-0.3, -0.25) is 9.59 Å². The summed E-state index contributed by atoms with van der Waals surface area (Å²) < 4.78 is 5.99. The summed E-state index contributed by atoms with van der Waals surface area (Å²) in [5, 5.41) is 5.54. The number of nitrogens with one attached hydrogen (secondary N) is 2. The number of carbonyl (C=O) groups excluding carboxylic acids is 2. The molecule has 1 atom stereocenters. The van der Waals surface area contributed by atoms with Crippen LogP contribution in [-0.2, 0) is 16.1 Å². The standard InChI is InChI=1S/C19H20N2O3/c1-13-6-2-4-8-16(13)24-17-9-5-3-7-14(17)12-20-19(23)15-10-11-18(22)21-15/h2-9,15H,10-12H2,1H3,(H,20,23)(H,21,22)/t15-/m0/s1. The summed E-state index contributed by atoms with van der Waals surface area (Å²) in [6.07, 6.45) is 0.955. The van der Waals surface area contributed by atoms with Gasteiger partial charge >= 0.3 is 0 Å². The first-order valence-electron chi connectivity index (χ1n) is 8.02. The zero-order valence-corrected chi connectivity index (χ0v) is 13.5. The number of hydrogen-bond acceptors (Lipinski definition) is 3. The fourth-order valence-corrected chi connectivity index (χ4v) is 2.66. The first-order valence-corrected chi connectivity index (χ1v) is 8.02. The smallest absolute Gasteiger partial charge is 0.242 e. The van der Waals surface area contributed by atoms with Crippen LogP contribution in [-0.4, -0.2) is 17.9 Å². The van der Waals surface area contributed by atoms with Crippen LogP contribution in [0.4, 0.5) is 0 Å². The van der Waals surface area contributed by atoms with Crippen LogP contribution in [0.3, 0.4) is 0 Å².